The van der Waals surface area contributed by atoms with E-state index in [2.05, 4.69) is 88.0 Å². The number of hydrogen-bond donors (Lipinski definition) is 0. The van der Waals surface area contributed by atoms with Gasteiger partial charge in [-0.05, 0) is 75.2 Å². The second-order valence-electron chi connectivity index (χ2n) is 10.8. The number of fused-ring (bicyclic) bond motifs is 2. The first-order chi connectivity index (χ1) is 17.3. The number of rotatable bonds is 6. The average Bonchev–Trinajstić information content (AvgIpc) is 3.05. The van der Waals surface area contributed by atoms with Gasteiger partial charge in [-0.25, -0.2) is 9.97 Å². The quantitative estimate of drug-likeness (QED) is 0.446. The second-order valence-corrected chi connectivity index (χ2v) is 10.8. The summed E-state index contributed by atoms with van der Waals surface area (Å²) in [5.74, 6) is 3.41. The molecule has 1 aromatic heterocycles. The van der Waals surface area contributed by atoms with Crippen LogP contribution in [0.1, 0.15) is 49.0 Å². The summed E-state index contributed by atoms with van der Waals surface area (Å²) in [6.07, 6.45) is 1.91. The number of anilines is 1. The predicted octanol–water partition coefficient (Wildman–Crippen LogP) is 5.76. The standard InChI is InChI=1S/C30H37N5O/c1-19(2)13-26-21(4)32-29(18-34(5)6)33-30(26)35-11-12-36-28-10-9-22(15-25(28)17-35)23-7-8-24-14-20(3)31-27(24)16-23/h7-10,15-16,19H,11-14,17-18H2,1-6H3. The van der Waals surface area contributed by atoms with Crippen LogP contribution in [0, 0.1) is 12.8 Å². The smallest absolute Gasteiger partial charge is 0.144 e. The van der Waals surface area contributed by atoms with E-state index in [1.165, 1.54) is 33.5 Å². The molecule has 0 spiro atoms. The molecule has 2 aromatic carbocycles. The molecule has 0 N–H and O–H groups in total. The maximum atomic E-state index is 6.21. The van der Waals surface area contributed by atoms with Crippen molar-refractivity contribution >= 4 is 17.2 Å². The molecule has 3 aromatic rings. The Bertz CT molecular complexity index is 1310. The Morgan fingerprint density at radius 2 is 1.78 bits per heavy atom. The molecule has 2 aliphatic heterocycles. The van der Waals surface area contributed by atoms with Crippen molar-refractivity contribution in [1.82, 2.24) is 14.9 Å². The van der Waals surface area contributed by atoms with Gasteiger partial charge in [-0.3, -0.25) is 4.99 Å². The summed E-state index contributed by atoms with van der Waals surface area (Å²) >= 11 is 0. The number of hydrogen-bond acceptors (Lipinski definition) is 6. The van der Waals surface area contributed by atoms with Crippen LogP contribution in [0.5, 0.6) is 5.75 Å². The molecule has 3 heterocycles. The minimum absolute atomic E-state index is 0.527. The van der Waals surface area contributed by atoms with Gasteiger partial charge < -0.3 is 14.5 Å². The van der Waals surface area contributed by atoms with Crippen molar-refractivity contribution < 1.29 is 4.74 Å². The van der Waals surface area contributed by atoms with Gasteiger partial charge in [0.15, 0.2) is 0 Å². The highest BCUT2D eigenvalue weighted by Gasteiger charge is 2.23. The lowest BCUT2D eigenvalue weighted by atomic mass is 9.99. The molecule has 0 radical (unpaired) electrons. The Balaban J connectivity index is 1.51. The zero-order chi connectivity index (χ0) is 25.4. The summed E-state index contributed by atoms with van der Waals surface area (Å²) in [5, 5.41) is 0. The molecule has 0 bridgehead atoms. The van der Waals surface area contributed by atoms with Crippen molar-refractivity contribution in [2.75, 3.05) is 32.1 Å². The number of ether oxygens (including phenoxy) is 1. The minimum Gasteiger partial charge on any atom is -0.491 e. The average molecular weight is 484 g/mol. The molecule has 5 rings (SSSR count). The zero-order valence-electron chi connectivity index (χ0n) is 22.4. The van der Waals surface area contributed by atoms with Crippen LogP contribution in [0.3, 0.4) is 0 Å². The summed E-state index contributed by atoms with van der Waals surface area (Å²) in [6, 6.07) is 13.2. The van der Waals surface area contributed by atoms with Crippen LogP contribution < -0.4 is 9.64 Å². The summed E-state index contributed by atoms with van der Waals surface area (Å²) in [7, 11) is 4.12. The van der Waals surface area contributed by atoms with Crippen LogP contribution in [0.25, 0.3) is 11.1 Å². The Labute approximate surface area is 215 Å². The lowest BCUT2D eigenvalue weighted by molar-refractivity contribution is 0.331. The molecule has 0 saturated heterocycles. The van der Waals surface area contributed by atoms with E-state index in [9.17, 15) is 0 Å². The fraction of sp³-hybridized carbons (Fsp3) is 0.433. The third kappa shape index (κ3) is 5.14. The molecule has 0 atom stereocenters. The van der Waals surface area contributed by atoms with Crippen LogP contribution >= 0.6 is 0 Å². The van der Waals surface area contributed by atoms with Crippen LogP contribution in [0.15, 0.2) is 41.4 Å². The first-order valence-electron chi connectivity index (χ1n) is 13.0. The first-order valence-corrected chi connectivity index (χ1v) is 13.0. The summed E-state index contributed by atoms with van der Waals surface area (Å²) in [4.78, 5) is 19.2. The van der Waals surface area contributed by atoms with Crippen LogP contribution in [-0.4, -0.2) is 47.8 Å². The van der Waals surface area contributed by atoms with Crippen molar-refractivity contribution in [3.8, 4) is 16.9 Å². The molecule has 0 unspecified atom stereocenters. The van der Waals surface area contributed by atoms with Gasteiger partial charge in [0.05, 0.1) is 18.8 Å². The molecular formula is C30H37N5O. The normalized spacial score (nSPS) is 15.0. The first kappa shape index (κ1) is 24.4. The van der Waals surface area contributed by atoms with E-state index in [1.54, 1.807) is 0 Å². The lowest BCUT2D eigenvalue weighted by Gasteiger charge is -2.26. The van der Waals surface area contributed by atoms with Gasteiger partial charge in [0.1, 0.15) is 24.0 Å². The van der Waals surface area contributed by atoms with Crippen molar-refractivity contribution in [3.05, 3.63) is 64.6 Å². The SMILES string of the molecule is CC1=Nc2cc(-c3ccc4c(c3)CN(c3nc(CN(C)C)nc(C)c3CC(C)C)CCO4)ccc2C1. The topological polar surface area (TPSA) is 53.9 Å². The summed E-state index contributed by atoms with van der Waals surface area (Å²) in [5.41, 5.74) is 9.49. The third-order valence-corrected chi connectivity index (χ3v) is 6.82. The van der Waals surface area contributed by atoms with Crippen molar-refractivity contribution in [3.63, 3.8) is 0 Å². The monoisotopic (exact) mass is 483 g/mol. The van der Waals surface area contributed by atoms with Gasteiger partial charge in [0, 0.05) is 35.5 Å². The lowest BCUT2D eigenvalue weighted by Crippen LogP contribution is -2.29. The fourth-order valence-electron chi connectivity index (χ4n) is 5.17. The van der Waals surface area contributed by atoms with Crippen LogP contribution in [0.4, 0.5) is 11.5 Å². The number of nitrogens with zero attached hydrogens (tertiary/aromatic N) is 5. The molecule has 0 fully saturated rings. The predicted molar refractivity (Wildman–Crippen MR) is 148 cm³/mol. The van der Waals surface area contributed by atoms with Gasteiger partial charge in [0.25, 0.3) is 0 Å². The van der Waals surface area contributed by atoms with Crippen molar-refractivity contribution in [2.45, 2.75) is 53.6 Å². The van der Waals surface area contributed by atoms with Gasteiger partial charge in [-0.15, -0.1) is 0 Å². The van der Waals surface area contributed by atoms with Crippen LogP contribution in [0.2, 0.25) is 0 Å². The fourth-order valence-corrected chi connectivity index (χ4v) is 5.17. The van der Waals surface area contributed by atoms with E-state index >= 15 is 0 Å². The Morgan fingerprint density at radius 1 is 1.00 bits per heavy atom. The molecule has 6 heteroatoms. The maximum absolute atomic E-state index is 6.21. The molecular weight excluding hydrogens is 446 g/mol. The zero-order valence-corrected chi connectivity index (χ0v) is 22.4. The highest BCUT2D eigenvalue weighted by Crippen LogP contribution is 2.35. The summed E-state index contributed by atoms with van der Waals surface area (Å²) < 4.78 is 6.21. The van der Waals surface area contributed by atoms with E-state index in [1.807, 2.05) is 0 Å². The van der Waals surface area contributed by atoms with Crippen LogP contribution in [-0.2, 0) is 25.9 Å². The molecule has 6 nitrogen and oxygen atoms in total. The number of aromatic nitrogens is 2. The van der Waals surface area contributed by atoms with Gasteiger partial charge in [-0.1, -0.05) is 32.0 Å². The van der Waals surface area contributed by atoms with Gasteiger partial charge >= 0.3 is 0 Å². The highest BCUT2D eigenvalue weighted by molar-refractivity contribution is 5.93. The molecule has 0 amide bonds. The molecule has 0 aliphatic carbocycles. The summed E-state index contributed by atoms with van der Waals surface area (Å²) in [6.45, 7) is 11.6. The van der Waals surface area contributed by atoms with E-state index in [0.29, 0.717) is 12.5 Å². The van der Waals surface area contributed by atoms with E-state index in [4.69, 9.17) is 19.7 Å². The van der Waals surface area contributed by atoms with E-state index in [0.717, 1.165) is 61.2 Å². The number of aliphatic imine (C=N–C) groups is 1. The Hall–Kier alpha value is -3.25. The number of aryl methyl sites for hydroxylation is 1. The van der Waals surface area contributed by atoms with E-state index < -0.39 is 0 Å². The maximum Gasteiger partial charge on any atom is 0.144 e. The Morgan fingerprint density at radius 3 is 2.56 bits per heavy atom. The second kappa shape index (κ2) is 10.0. The molecule has 0 saturated carbocycles. The van der Waals surface area contributed by atoms with Gasteiger partial charge in [0.2, 0.25) is 0 Å². The molecule has 2 aliphatic rings. The minimum atomic E-state index is 0.527. The number of benzene rings is 2. The largest absolute Gasteiger partial charge is 0.491 e. The third-order valence-electron chi connectivity index (χ3n) is 6.82. The van der Waals surface area contributed by atoms with Gasteiger partial charge in [-0.2, -0.15) is 0 Å². The Kier molecular flexibility index (Phi) is 6.80. The van der Waals surface area contributed by atoms with E-state index in [-0.39, 0.29) is 0 Å². The highest BCUT2D eigenvalue weighted by atomic mass is 16.5. The molecule has 36 heavy (non-hydrogen) atoms. The molecule has 188 valence electrons. The van der Waals surface area contributed by atoms with Crippen molar-refractivity contribution in [2.24, 2.45) is 10.9 Å². The van der Waals surface area contributed by atoms with Crippen molar-refractivity contribution in [1.29, 1.82) is 0 Å².